The fourth-order valence-corrected chi connectivity index (χ4v) is 4.13. The Bertz CT molecular complexity index is 1050. The number of nitrogens with zero attached hydrogens (tertiary/aromatic N) is 4. The molecule has 1 aliphatic heterocycles. The van der Waals surface area contributed by atoms with Crippen molar-refractivity contribution in [3.05, 3.63) is 30.3 Å². The summed E-state index contributed by atoms with van der Waals surface area (Å²) in [7, 11) is -4.48. The molecular weight excluding hydrogens is 468 g/mol. The fourth-order valence-electron chi connectivity index (χ4n) is 3.38. The summed E-state index contributed by atoms with van der Waals surface area (Å²) >= 11 is 0. The van der Waals surface area contributed by atoms with Crippen LogP contribution in [0.3, 0.4) is 0 Å². The van der Waals surface area contributed by atoms with Crippen molar-refractivity contribution in [2.45, 2.75) is 63.7 Å². The number of amides is 1. The second kappa shape index (κ2) is 11.3. The molecule has 0 saturated carbocycles. The van der Waals surface area contributed by atoms with E-state index in [9.17, 15) is 23.4 Å². The van der Waals surface area contributed by atoms with Gasteiger partial charge in [-0.05, 0) is 17.6 Å². The maximum atomic E-state index is 12.1. The molecule has 2 aromatic rings. The van der Waals surface area contributed by atoms with Gasteiger partial charge in [-0.15, -0.1) is 10.2 Å². The lowest BCUT2D eigenvalue weighted by molar-refractivity contribution is -0.121. The molecule has 188 valence electrons. The molecule has 0 spiro atoms. The van der Waals surface area contributed by atoms with Crippen molar-refractivity contribution in [1.29, 1.82) is 0 Å². The SMILES string of the molecule is CC[C@H](C)[C@H](N)C(=O)NS(=O)(=O)OC[C@H]1O[C@@H](CCn2nnc(-c3ccccc3)n2)[C@H](O)[C@@H]1O. The van der Waals surface area contributed by atoms with E-state index in [0.29, 0.717) is 12.2 Å². The summed E-state index contributed by atoms with van der Waals surface area (Å²) in [5, 5.41) is 32.8. The third-order valence-corrected chi connectivity index (χ3v) is 6.63. The van der Waals surface area contributed by atoms with Gasteiger partial charge in [-0.25, -0.2) is 4.72 Å². The zero-order valence-corrected chi connectivity index (χ0v) is 19.7. The molecule has 0 radical (unpaired) electrons. The first-order valence-electron chi connectivity index (χ1n) is 10.9. The minimum Gasteiger partial charge on any atom is -0.388 e. The Kier molecular flexibility index (Phi) is 8.67. The van der Waals surface area contributed by atoms with Crippen molar-refractivity contribution in [1.82, 2.24) is 24.9 Å². The van der Waals surface area contributed by atoms with E-state index in [2.05, 4.69) is 15.4 Å². The first-order valence-corrected chi connectivity index (χ1v) is 12.3. The van der Waals surface area contributed by atoms with Gasteiger partial charge in [0, 0.05) is 5.56 Å². The van der Waals surface area contributed by atoms with Gasteiger partial charge in [-0.3, -0.25) is 8.98 Å². The molecule has 1 fully saturated rings. The number of ether oxygens (including phenoxy) is 1. The molecule has 1 saturated heterocycles. The van der Waals surface area contributed by atoms with Crippen LogP contribution >= 0.6 is 0 Å². The number of aromatic nitrogens is 4. The van der Waals surface area contributed by atoms with E-state index in [1.807, 2.05) is 37.3 Å². The Labute approximate surface area is 197 Å². The van der Waals surface area contributed by atoms with Crippen molar-refractivity contribution in [3.63, 3.8) is 0 Å². The third kappa shape index (κ3) is 6.55. The minimum atomic E-state index is -4.48. The smallest absolute Gasteiger partial charge is 0.362 e. The molecule has 6 atom stereocenters. The Morgan fingerprint density at radius 1 is 1.26 bits per heavy atom. The van der Waals surface area contributed by atoms with E-state index in [1.165, 1.54) is 4.80 Å². The van der Waals surface area contributed by atoms with Gasteiger partial charge in [-0.1, -0.05) is 50.6 Å². The quantitative estimate of drug-likeness (QED) is 0.296. The molecule has 0 aliphatic carbocycles. The van der Waals surface area contributed by atoms with E-state index in [4.69, 9.17) is 14.7 Å². The summed E-state index contributed by atoms with van der Waals surface area (Å²) in [5.41, 5.74) is 6.53. The topological polar surface area (TPSA) is 192 Å². The summed E-state index contributed by atoms with van der Waals surface area (Å²) in [4.78, 5) is 13.3. The van der Waals surface area contributed by atoms with Crippen molar-refractivity contribution in [3.8, 4) is 11.4 Å². The van der Waals surface area contributed by atoms with Gasteiger partial charge in [0.2, 0.25) is 5.82 Å². The van der Waals surface area contributed by atoms with E-state index >= 15 is 0 Å². The summed E-state index contributed by atoms with van der Waals surface area (Å²) in [6, 6.07) is 8.26. The number of nitrogens with two attached hydrogens (primary N) is 1. The van der Waals surface area contributed by atoms with E-state index < -0.39 is 53.3 Å². The van der Waals surface area contributed by atoms with Crippen LogP contribution in [0.2, 0.25) is 0 Å². The highest BCUT2D eigenvalue weighted by molar-refractivity contribution is 7.85. The van der Waals surface area contributed by atoms with E-state index in [0.717, 1.165) is 5.56 Å². The number of benzene rings is 1. The second-order valence-electron chi connectivity index (χ2n) is 8.17. The average molecular weight is 499 g/mol. The first-order chi connectivity index (χ1) is 16.1. The highest BCUT2D eigenvalue weighted by atomic mass is 32.2. The molecule has 14 heteroatoms. The van der Waals surface area contributed by atoms with Crippen LogP contribution in [-0.2, 0) is 30.6 Å². The molecule has 13 nitrogen and oxygen atoms in total. The fraction of sp³-hybridized carbons (Fsp3) is 0.600. The number of nitrogens with one attached hydrogen (secondary N) is 1. The van der Waals surface area contributed by atoms with Crippen LogP contribution in [0.4, 0.5) is 0 Å². The van der Waals surface area contributed by atoms with Gasteiger partial charge in [0.05, 0.1) is 25.3 Å². The van der Waals surface area contributed by atoms with Crippen molar-refractivity contribution in [2.75, 3.05) is 6.61 Å². The Morgan fingerprint density at radius 2 is 1.94 bits per heavy atom. The Balaban J connectivity index is 1.50. The predicted octanol–water partition coefficient (Wildman–Crippen LogP) is -1.03. The van der Waals surface area contributed by atoms with Crippen LogP contribution in [0.5, 0.6) is 0 Å². The zero-order chi connectivity index (χ0) is 24.9. The van der Waals surface area contributed by atoms with Crippen molar-refractivity contribution in [2.24, 2.45) is 11.7 Å². The number of carbonyl (C=O) groups excluding carboxylic acids is 1. The number of aryl methyl sites for hydroxylation is 1. The van der Waals surface area contributed by atoms with Gasteiger partial charge in [0.25, 0.3) is 5.91 Å². The molecule has 0 unspecified atom stereocenters. The van der Waals surface area contributed by atoms with Gasteiger partial charge in [-0.2, -0.15) is 13.2 Å². The zero-order valence-electron chi connectivity index (χ0n) is 18.9. The molecular formula is C20H30N6O7S. The average Bonchev–Trinajstić information content (AvgIpc) is 3.40. The number of aliphatic hydroxyl groups excluding tert-OH is 2. The molecule has 2 heterocycles. The van der Waals surface area contributed by atoms with Crippen LogP contribution in [0.25, 0.3) is 11.4 Å². The van der Waals surface area contributed by atoms with Crippen LogP contribution in [0, 0.1) is 5.92 Å². The summed E-state index contributed by atoms with van der Waals surface area (Å²) in [5.74, 6) is -0.676. The monoisotopic (exact) mass is 498 g/mol. The number of hydrogen-bond acceptors (Lipinski definition) is 11. The number of aliphatic hydroxyl groups is 2. The normalized spacial score (nSPS) is 24.6. The lowest BCUT2D eigenvalue weighted by Crippen LogP contribution is -2.47. The number of rotatable bonds is 11. The number of carbonyl (C=O) groups is 1. The number of tetrazole rings is 1. The van der Waals surface area contributed by atoms with Crippen LogP contribution in [-0.4, -0.2) is 81.8 Å². The Hall–Kier alpha value is -2.49. The highest BCUT2D eigenvalue weighted by Crippen LogP contribution is 2.25. The Morgan fingerprint density at radius 3 is 2.62 bits per heavy atom. The van der Waals surface area contributed by atoms with Crippen molar-refractivity contribution >= 4 is 16.2 Å². The molecule has 1 amide bonds. The van der Waals surface area contributed by atoms with Gasteiger partial charge in [0.15, 0.2) is 0 Å². The first kappa shape index (κ1) is 26.1. The third-order valence-electron chi connectivity index (χ3n) is 5.73. The van der Waals surface area contributed by atoms with E-state index in [-0.39, 0.29) is 18.9 Å². The minimum absolute atomic E-state index is 0.227. The summed E-state index contributed by atoms with van der Waals surface area (Å²) < 4.78 is 36.3. The number of hydrogen-bond donors (Lipinski definition) is 4. The largest absolute Gasteiger partial charge is 0.388 e. The second-order valence-corrected chi connectivity index (χ2v) is 9.52. The molecule has 1 aromatic heterocycles. The van der Waals surface area contributed by atoms with Crippen LogP contribution < -0.4 is 10.5 Å². The summed E-state index contributed by atoms with van der Waals surface area (Å²) in [6.07, 6.45) is -3.78. The molecule has 3 rings (SSSR count). The van der Waals surface area contributed by atoms with Crippen LogP contribution in [0.15, 0.2) is 30.3 Å². The maximum absolute atomic E-state index is 12.1. The predicted molar refractivity (Wildman–Crippen MR) is 119 cm³/mol. The summed E-state index contributed by atoms with van der Waals surface area (Å²) in [6.45, 7) is 3.18. The van der Waals surface area contributed by atoms with E-state index in [1.54, 1.807) is 11.6 Å². The lowest BCUT2D eigenvalue weighted by atomic mass is 10.00. The molecule has 34 heavy (non-hydrogen) atoms. The van der Waals surface area contributed by atoms with Crippen molar-refractivity contribution < 1.29 is 32.3 Å². The van der Waals surface area contributed by atoms with Gasteiger partial charge in [0.1, 0.15) is 18.3 Å². The maximum Gasteiger partial charge on any atom is 0.362 e. The lowest BCUT2D eigenvalue weighted by Gasteiger charge is -2.18. The highest BCUT2D eigenvalue weighted by Gasteiger charge is 2.43. The standard InChI is InChI=1S/C20H30N6O7S/c1-3-12(2)16(21)20(29)24-34(30,31)32-11-15-18(28)17(27)14(33-15)9-10-26-23-19(22-25-26)13-7-5-4-6-8-13/h4-8,12,14-18,27-28H,3,9-11,21H2,1-2H3,(H,24,29)/t12-,14-,15+,16-,17-,18+/m0/s1. The molecule has 0 bridgehead atoms. The molecule has 1 aliphatic rings. The molecule has 5 N–H and O–H groups in total. The van der Waals surface area contributed by atoms with Gasteiger partial charge >= 0.3 is 10.3 Å². The van der Waals surface area contributed by atoms with Gasteiger partial charge < -0.3 is 20.7 Å². The molecule has 1 aromatic carbocycles. The van der Waals surface area contributed by atoms with Crippen LogP contribution in [0.1, 0.15) is 26.7 Å².